The molecule has 3 aromatic carbocycles. The van der Waals surface area contributed by atoms with Crippen molar-refractivity contribution in [3.8, 4) is 0 Å². The lowest BCUT2D eigenvalue weighted by atomic mass is 9.97. The summed E-state index contributed by atoms with van der Waals surface area (Å²) in [7, 11) is 0. The van der Waals surface area contributed by atoms with Crippen molar-refractivity contribution >= 4 is 27.5 Å². The first-order chi connectivity index (χ1) is 10.5. The number of hydrogen-bond donors (Lipinski definition) is 0. The molecule has 2 nitrogen and oxygen atoms in total. The molecule has 3 rings (SSSR count). The molecule has 0 N–H and O–H groups in total. The predicted octanol–water partition coefficient (Wildman–Crippen LogP) is 4.69. The van der Waals surface area contributed by atoms with Crippen molar-refractivity contribution in [3.63, 3.8) is 0 Å². The van der Waals surface area contributed by atoms with E-state index in [9.17, 15) is 13.6 Å². The predicted molar refractivity (Wildman–Crippen MR) is 81.9 cm³/mol. The molecule has 0 aliphatic carbocycles. The van der Waals surface area contributed by atoms with Crippen molar-refractivity contribution in [2.45, 2.75) is 19.5 Å². The van der Waals surface area contributed by atoms with Crippen LogP contribution in [0.4, 0.5) is 8.78 Å². The van der Waals surface area contributed by atoms with Crippen molar-refractivity contribution < 1.29 is 18.3 Å². The minimum atomic E-state index is -3.49. The summed E-state index contributed by atoms with van der Waals surface area (Å²) in [5.41, 5.74) is 0.742. The molecular formula is C18H14F2O2. The summed E-state index contributed by atoms with van der Waals surface area (Å²) in [6, 6.07) is 17.3. The molecule has 22 heavy (non-hydrogen) atoms. The first-order valence-electron chi connectivity index (χ1n) is 6.91. The van der Waals surface area contributed by atoms with Crippen LogP contribution >= 0.6 is 0 Å². The fourth-order valence-electron chi connectivity index (χ4n) is 2.53. The Morgan fingerprint density at radius 2 is 1.50 bits per heavy atom. The maximum absolute atomic E-state index is 13.0. The molecule has 0 bridgehead atoms. The van der Waals surface area contributed by atoms with Gasteiger partial charge in [-0.25, -0.2) is 4.79 Å². The van der Waals surface area contributed by atoms with Crippen LogP contribution in [-0.2, 0) is 16.1 Å². The molecule has 0 saturated heterocycles. The summed E-state index contributed by atoms with van der Waals surface area (Å²) in [6.45, 7) is 0.362. The van der Waals surface area contributed by atoms with Crippen molar-refractivity contribution in [1.29, 1.82) is 0 Å². The zero-order chi connectivity index (χ0) is 15.7. The fraction of sp³-hybridized carbons (Fsp3) is 0.167. The number of alkyl halides is 2. The van der Waals surface area contributed by atoms with Crippen molar-refractivity contribution in [3.05, 3.63) is 60.2 Å². The molecule has 0 aromatic heterocycles. The maximum Gasteiger partial charge on any atom is 0.376 e. The van der Waals surface area contributed by atoms with E-state index in [1.54, 1.807) is 0 Å². The number of hydrogen-bond acceptors (Lipinski definition) is 2. The highest BCUT2D eigenvalue weighted by atomic mass is 19.3. The van der Waals surface area contributed by atoms with Gasteiger partial charge in [0.05, 0.1) is 0 Å². The third kappa shape index (κ3) is 2.64. The van der Waals surface area contributed by atoms with Gasteiger partial charge in [-0.1, -0.05) is 48.5 Å². The number of carbonyl (C=O) groups is 1. The Bertz CT molecular complexity index is 796. The molecule has 4 heteroatoms. The van der Waals surface area contributed by atoms with Gasteiger partial charge in [0.15, 0.2) is 0 Å². The molecule has 0 radical (unpaired) electrons. The molecule has 0 spiro atoms. The minimum Gasteiger partial charge on any atom is -0.456 e. The topological polar surface area (TPSA) is 26.3 Å². The van der Waals surface area contributed by atoms with E-state index in [4.69, 9.17) is 4.74 Å². The molecule has 0 fully saturated rings. The Kier molecular flexibility index (Phi) is 3.53. The first-order valence-corrected chi connectivity index (χ1v) is 6.91. The molecule has 0 aliphatic heterocycles. The molecule has 0 unspecified atom stereocenters. The van der Waals surface area contributed by atoms with Gasteiger partial charge in [-0.05, 0) is 27.6 Å². The largest absolute Gasteiger partial charge is 0.456 e. The second-order valence-electron chi connectivity index (χ2n) is 5.26. The first kappa shape index (κ1) is 14.4. The van der Waals surface area contributed by atoms with Gasteiger partial charge in [0, 0.05) is 12.5 Å². The number of rotatable bonds is 3. The van der Waals surface area contributed by atoms with E-state index in [0.29, 0.717) is 6.92 Å². The lowest BCUT2D eigenvalue weighted by Crippen LogP contribution is -2.26. The highest BCUT2D eigenvalue weighted by Gasteiger charge is 2.34. The smallest absolute Gasteiger partial charge is 0.376 e. The Morgan fingerprint density at radius 3 is 2.00 bits per heavy atom. The van der Waals surface area contributed by atoms with Crippen molar-refractivity contribution in [2.24, 2.45) is 0 Å². The Hall–Kier alpha value is -2.49. The summed E-state index contributed by atoms with van der Waals surface area (Å²) in [6.07, 6.45) is 0. The maximum atomic E-state index is 13.0. The number of ether oxygens (including phenoxy) is 1. The van der Waals surface area contributed by atoms with E-state index in [2.05, 4.69) is 0 Å². The van der Waals surface area contributed by atoms with Gasteiger partial charge in [-0.15, -0.1) is 0 Å². The van der Waals surface area contributed by atoms with Gasteiger partial charge in [-0.3, -0.25) is 0 Å². The number of halogens is 2. The SMILES string of the molecule is CC(F)(F)C(=O)OCc1c2ccccc2cc2ccccc12. The van der Waals surface area contributed by atoms with E-state index in [1.807, 2.05) is 54.6 Å². The normalized spacial score (nSPS) is 11.8. The van der Waals surface area contributed by atoms with Crippen LogP contribution in [-0.4, -0.2) is 11.9 Å². The van der Waals surface area contributed by atoms with Crippen LogP contribution in [0.1, 0.15) is 12.5 Å². The third-order valence-corrected chi connectivity index (χ3v) is 3.59. The number of carbonyl (C=O) groups excluding carboxylic acids is 1. The quantitative estimate of drug-likeness (QED) is 0.518. The number of fused-ring (bicyclic) bond motifs is 2. The van der Waals surface area contributed by atoms with Crippen LogP contribution in [0.25, 0.3) is 21.5 Å². The van der Waals surface area contributed by atoms with Crippen molar-refractivity contribution in [1.82, 2.24) is 0 Å². The zero-order valence-corrected chi connectivity index (χ0v) is 12.0. The highest BCUT2D eigenvalue weighted by molar-refractivity contribution is 6.02. The van der Waals surface area contributed by atoms with E-state index in [0.717, 1.165) is 27.1 Å². The highest BCUT2D eigenvalue weighted by Crippen LogP contribution is 2.29. The van der Waals surface area contributed by atoms with Crippen LogP contribution in [0.2, 0.25) is 0 Å². The Morgan fingerprint density at radius 1 is 1.00 bits per heavy atom. The fourth-order valence-corrected chi connectivity index (χ4v) is 2.53. The molecule has 0 atom stereocenters. The van der Waals surface area contributed by atoms with Gasteiger partial charge >= 0.3 is 11.9 Å². The average molecular weight is 300 g/mol. The van der Waals surface area contributed by atoms with E-state index >= 15 is 0 Å². The lowest BCUT2D eigenvalue weighted by Gasteiger charge is -2.14. The van der Waals surface area contributed by atoms with E-state index < -0.39 is 11.9 Å². The van der Waals surface area contributed by atoms with Crippen LogP contribution < -0.4 is 0 Å². The van der Waals surface area contributed by atoms with Crippen LogP contribution in [0.5, 0.6) is 0 Å². The third-order valence-electron chi connectivity index (χ3n) is 3.59. The molecule has 0 amide bonds. The van der Waals surface area contributed by atoms with Crippen LogP contribution in [0.3, 0.4) is 0 Å². The standard InChI is InChI=1S/C18H14F2O2/c1-18(19,20)17(21)22-11-16-14-8-4-2-6-12(14)10-13-7-3-5-9-15(13)16/h2-10H,11H2,1H3. The molecule has 112 valence electrons. The second-order valence-corrected chi connectivity index (χ2v) is 5.26. The molecule has 0 heterocycles. The molecule has 0 saturated carbocycles. The van der Waals surface area contributed by atoms with Gasteiger partial charge in [0.2, 0.25) is 0 Å². The molecular weight excluding hydrogens is 286 g/mol. The van der Waals surface area contributed by atoms with E-state index in [-0.39, 0.29) is 6.61 Å². The monoisotopic (exact) mass is 300 g/mol. The molecule has 3 aromatic rings. The summed E-state index contributed by atoms with van der Waals surface area (Å²) in [5, 5.41) is 3.76. The molecule has 0 aliphatic rings. The van der Waals surface area contributed by atoms with Crippen LogP contribution in [0, 0.1) is 0 Å². The summed E-state index contributed by atoms with van der Waals surface area (Å²) in [4.78, 5) is 11.3. The second kappa shape index (κ2) is 5.37. The average Bonchev–Trinajstić information content (AvgIpc) is 2.50. The lowest BCUT2D eigenvalue weighted by molar-refractivity contribution is -0.170. The Balaban J connectivity index is 2.10. The number of benzene rings is 3. The number of esters is 1. The van der Waals surface area contributed by atoms with Gasteiger partial charge in [0.25, 0.3) is 0 Å². The van der Waals surface area contributed by atoms with Gasteiger partial charge in [0.1, 0.15) is 6.61 Å². The van der Waals surface area contributed by atoms with Gasteiger partial charge < -0.3 is 4.74 Å². The van der Waals surface area contributed by atoms with E-state index in [1.165, 1.54) is 0 Å². The van der Waals surface area contributed by atoms with Crippen molar-refractivity contribution in [2.75, 3.05) is 0 Å². The summed E-state index contributed by atoms with van der Waals surface area (Å²) < 4.78 is 30.8. The van der Waals surface area contributed by atoms with Crippen LogP contribution in [0.15, 0.2) is 54.6 Å². The summed E-state index contributed by atoms with van der Waals surface area (Å²) >= 11 is 0. The minimum absolute atomic E-state index is 0.176. The zero-order valence-electron chi connectivity index (χ0n) is 12.0. The Labute approximate surface area is 126 Å². The summed E-state index contributed by atoms with van der Waals surface area (Å²) in [5.74, 6) is -5.00. The van der Waals surface area contributed by atoms with Gasteiger partial charge in [-0.2, -0.15) is 8.78 Å².